The van der Waals surface area contributed by atoms with E-state index in [9.17, 15) is 0 Å². The lowest BCUT2D eigenvalue weighted by molar-refractivity contribution is 0.229. The van der Waals surface area contributed by atoms with Crippen LogP contribution in [-0.4, -0.2) is 66.0 Å². The predicted octanol–water partition coefficient (Wildman–Crippen LogP) is 1.53. The van der Waals surface area contributed by atoms with Crippen LogP contribution in [0.15, 0.2) is 18.2 Å². The van der Waals surface area contributed by atoms with Gasteiger partial charge in [0.2, 0.25) is 0 Å². The predicted molar refractivity (Wildman–Crippen MR) is 101 cm³/mol. The van der Waals surface area contributed by atoms with Crippen LogP contribution < -0.4 is 14.8 Å². The van der Waals surface area contributed by atoms with Crippen molar-refractivity contribution >= 4 is 12.4 Å². The minimum absolute atomic E-state index is 0. The Balaban J connectivity index is 0.00000243. The molecule has 144 valence electrons. The highest BCUT2D eigenvalue weighted by Gasteiger charge is 2.18. The van der Waals surface area contributed by atoms with E-state index < -0.39 is 0 Å². The van der Waals surface area contributed by atoms with E-state index in [1.165, 1.54) is 12.8 Å². The number of rotatable bonds is 7. The van der Waals surface area contributed by atoms with Crippen LogP contribution in [0.4, 0.5) is 0 Å². The summed E-state index contributed by atoms with van der Waals surface area (Å²) in [5.74, 6) is 2.94. The Morgan fingerprint density at radius 1 is 1.15 bits per heavy atom. The van der Waals surface area contributed by atoms with Crippen LogP contribution in [-0.2, 0) is 6.54 Å². The van der Waals surface area contributed by atoms with Crippen LogP contribution in [0.2, 0.25) is 0 Å². The maximum Gasteiger partial charge on any atom is 0.170 e. The number of hydrogen-bond acceptors (Lipinski definition) is 7. The largest absolute Gasteiger partial charge is 0.497 e. The molecule has 1 aromatic carbocycles. The standard InChI is InChI=1S/C17H26N6O2.ClH/c1-22(11-13-4-6-18-7-5-13)12-17-19-20-21-23(17)14-8-15(24-2)10-16(9-14)25-3;/h8-10,13,18H,4-7,11-12H2,1-3H3;1H. The van der Waals surface area contributed by atoms with Crippen molar-refractivity contribution in [3.8, 4) is 17.2 Å². The van der Waals surface area contributed by atoms with Crippen molar-refractivity contribution < 1.29 is 9.47 Å². The van der Waals surface area contributed by atoms with E-state index in [1.807, 2.05) is 18.2 Å². The maximum absolute atomic E-state index is 5.34. The van der Waals surface area contributed by atoms with Gasteiger partial charge in [-0.1, -0.05) is 0 Å². The number of nitrogens with one attached hydrogen (secondary N) is 1. The molecular formula is C17H27ClN6O2. The molecule has 1 saturated heterocycles. The summed E-state index contributed by atoms with van der Waals surface area (Å²) in [6.07, 6.45) is 2.45. The smallest absolute Gasteiger partial charge is 0.170 e. The number of ether oxygens (including phenoxy) is 2. The van der Waals surface area contributed by atoms with Crippen molar-refractivity contribution in [1.82, 2.24) is 30.4 Å². The SMILES string of the molecule is COc1cc(OC)cc(-n2nnnc2CN(C)CC2CCNCC2)c1.Cl. The third-order valence-corrected chi connectivity index (χ3v) is 4.55. The lowest BCUT2D eigenvalue weighted by Crippen LogP contribution is -2.34. The second-order valence-electron chi connectivity index (χ2n) is 6.47. The summed E-state index contributed by atoms with van der Waals surface area (Å²) < 4.78 is 12.4. The number of piperidine rings is 1. The minimum Gasteiger partial charge on any atom is -0.497 e. The van der Waals surface area contributed by atoms with Gasteiger partial charge in [-0.15, -0.1) is 17.5 Å². The fraction of sp³-hybridized carbons (Fsp3) is 0.588. The molecule has 0 bridgehead atoms. The van der Waals surface area contributed by atoms with Crippen molar-refractivity contribution in [2.75, 3.05) is 40.9 Å². The fourth-order valence-electron chi connectivity index (χ4n) is 3.23. The molecule has 9 heteroatoms. The molecule has 0 amide bonds. The Labute approximate surface area is 160 Å². The first-order valence-electron chi connectivity index (χ1n) is 8.59. The molecule has 0 spiro atoms. The zero-order chi connectivity index (χ0) is 17.6. The van der Waals surface area contributed by atoms with Crippen LogP contribution >= 0.6 is 12.4 Å². The number of benzene rings is 1. The van der Waals surface area contributed by atoms with Gasteiger partial charge in [-0.25, -0.2) is 0 Å². The number of aromatic nitrogens is 4. The quantitative estimate of drug-likeness (QED) is 0.778. The van der Waals surface area contributed by atoms with Crippen molar-refractivity contribution in [3.63, 3.8) is 0 Å². The molecule has 0 radical (unpaired) electrons. The highest BCUT2D eigenvalue weighted by molar-refractivity contribution is 5.85. The summed E-state index contributed by atoms with van der Waals surface area (Å²) in [5, 5.41) is 15.6. The molecule has 1 aliphatic heterocycles. The van der Waals surface area contributed by atoms with Crippen LogP contribution in [0.25, 0.3) is 5.69 Å². The zero-order valence-corrected chi connectivity index (χ0v) is 16.3. The molecule has 0 atom stereocenters. The molecule has 2 heterocycles. The van der Waals surface area contributed by atoms with Gasteiger partial charge in [0.1, 0.15) is 11.5 Å². The third-order valence-electron chi connectivity index (χ3n) is 4.55. The van der Waals surface area contributed by atoms with Crippen molar-refractivity contribution in [1.29, 1.82) is 0 Å². The second kappa shape index (κ2) is 9.70. The monoisotopic (exact) mass is 382 g/mol. The van der Waals surface area contributed by atoms with Gasteiger partial charge in [0.25, 0.3) is 0 Å². The summed E-state index contributed by atoms with van der Waals surface area (Å²) >= 11 is 0. The van der Waals surface area contributed by atoms with Crippen LogP contribution in [0, 0.1) is 5.92 Å². The molecule has 3 rings (SSSR count). The highest BCUT2D eigenvalue weighted by atomic mass is 35.5. The maximum atomic E-state index is 5.34. The number of hydrogen-bond donors (Lipinski definition) is 1. The van der Waals surface area contributed by atoms with Crippen molar-refractivity contribution in [3.05, 3.63) is 24.0 Å². The highest BCUT2D eigenvalue weighted by Crippen LogP contribution is 2.25. The number of nitrogens with zero attached hydrogens (tertiary/aromatic N) is 5. The van der Waals surface area contributed by atoms with E-state index in [-0.39, 0.29) is 12.4 Å². The zero-order valence-electron chi connectivity index (χ0n) is 15.5. The lowest BCUT2D eigenvalue weighted by atomic mass is 9.98. The van der Waals surface area contributed by atoms with Gasteiger partial charge >= 0.3 is 0 Å². The Morgan fingerprint density at radius 2 is 1.81 bits per heavy atom. The van der Waals surface area contributed by atoms with Crippen LogP contribution in [0.1, 0.15) is 18.7 Å². The number of tetrazole rings is 1. The van der Waals surface area contributed by atoms with Crippen molar-refractivity contribution in [2.24, 2.45) is 5.92 Å². The van der Waals surface area contributed by atoms with Gasteiger partial charge in [-0.05, 0) is 49.3 Å². The molecule has 1 N–H and O–H groups in total. The average molecular weight is 383 g/mol. The van der Waals surface area contributed by atoms with E-state index in [1.54, 1.807) is 18.9 Å². The first kappa shape index (κ1) is 20.4. The van der Waals surface area contributed by atoms with E-state index in [0.29, 0.717) is 18.0 Å². The molecule has 0 saturated carbocycles. The average Bonchev–Trinajstić information content (AvgIpc) is 3.10. The molecule has 0 aliphatic carbocycles. The van der Waals surface area contributed by atoms with Gasteiger partial charge in [0, 0.05) is 24.7 Å². The Morgan fingerprint density at radius 3 is 2.42 bits per heavy atom. The Bertz CT molecular complexity index is 667. The van der Waals surface area contributed by atoms with Gasteiger partial charge < -0.3 is 14.8 Å². The molecule has 2 aromatic rings. The van der Waals surface area contributed by atoms with Gasteiger partial charge in [0.15, 0.2) is 5.82 Å². The molecule has 1 aromatic heterocycles. The number of methoxy groups -OCH3 is 2. The summed E-state index contributed by atoms with van der Waals surface area (Å²) in [6.45, 7) is 3.96. The molecule has 1 aliphatic rings. The van der Waals surface area contributed by atoms with Gasteiger partial charge in [-0.2, -0.15) is 4.68 Å². The topological polar surface area (TPSA) is 77.3 Å². The fourth-order valence-corrected chi connectivity index (χ4v) is 3.23. The summed E-state index contributed by atoms with van der Waals surface area (Å²) in [5.41, 5.74) is 0.825. The summed E-state index contributed by atoms with van der Waals surface area (Å²) in [7, 11) is 5.38. The first-order chi connectivity index (χ1) is 12.2. The summed E-state index contributed by atoms with van der Waals surface area (Å²) in [6, 6.07) is 5.63. The van der Waals surface area contributed by atoms with Crippen molar-refractivity contribution in [2.45, 2.75) is 19.4 Å². The summed E-state index contributed by atoms with van der Waals surface area (Å²) in [4.78, 5) is 2.29. The van der Waals surface area contributed by atoms with Crippen LogP contribution in [0.3, 0.4) is 0 Å². The van der Waals surface area contributed by atoms with E-state index in [0.717, 1.165) is 37.1 Å². The molecule has 0 unspecified atom stereocenters. The van der Waals surface area contributed by atoms with Gasteiger partial charge in [0.05, 0.1) is 26.5 Å². The molecule has 1 fully saturated rings. The van der Waals surface area contributed by atoms with E-state index >= 15 is 0 Å². The van der Waals surface area contributed by atoms with Crippen LogP contribution in [0.5, 0.6) is 11.5 Å². The second-order valence-corrected chi connectivity index (χ2v) is 6.47. The minimum atomic E-state index is 0. The Hall–Kier alpha value is -1.90. The molecule has 26 heavy (non-hydrogen) atoms. The lowest BCUT2D eigenvalue weighted by Gasteiger charge is -2.27. The van der Waals surface area contributed by atoms with E-state index in [4.69, 9.17) is 9.47 Å². The molecule has 8 nitrogen and oxygen atoms in total. The van der Waals surface area contributed by atoms with Gasteiger partial charge in [-0.3, -0.25) is 4.90 Å². The Kier molecular flexibility index (Phi) is 7.62. The first-order valence-corrected chi connectivity index (χ1v) is 8.59. The molecular weight excluding hydrogens is 356 g/mol. The third kappa shape index (κ3) is 5.06. The normalized spacial score (nSPS) is 14.9. The van der Waals surface area contributed by atoms with E-state index in [2.05, 4.69) is 32.8 Å². The number of halogens is 1.